The van der Waals surface area contributed by atoms with Crippen LogP contribution in [0.15, 0.2) is 103 Å². The van der Waals surface area contributed by atoms with Gasteiger partial charge in [-0.3, -0.25) is 0 Å². The maximum Gasteiger partial charge on any atom is 0.171 e. The Labute approximate surface area is 177 Å². The van der Waals surface area contributed by atoms with Crippen molar-refractivity contribution in [2.45, 2.75) is 6.92 Å². The van der Waals surface area contributed by atoms with E-state index in [1.165, 1.54) is 0 Å². The molecule has 4 aromatic rings. The van der Waals surface area contributed by atoms with E-state index in [1.54, 1.807) is 7.11 Å². The van der Waals surface area contributed by atoms with Gasteiger partial charge in [0, 0.05) is 15.9 Å². The molecule has 0 aliphatic rings. The third-order valence-corrected chi connectivity index (χ3v) is 8.09. The predicted molar refractivity (Wildman–Crippen MR) is 124 cm³/mol. The second-order valence-corrected chi connectivity index (χ2v) is 9.82. The molecule has 0 N–H and O–H groups in total. The first-order valence-corrected chi connectivity index (χ1v) is 11.5. The van der Waals surface area contributed by atoms with Crippen LogP contribution in [0.4, 0.5) is 0 Å². The van der Waals surface area contributed by atoms with Crippen molar-refractivity contribution in [2.24, 2.45) is 0 Å². The largest absolute Gasteiger partial charge is 0.497 e. The molecule has 4 heteroatoms. The van der Waals surface area contributed by atoms with E-state index in [1.807, 2.05) is 110 Å². The van der Waals surface area contributed by atoms with E-state index in [0.717, 1.165) is 27.2 Å². The molecule has 0 saturated heterocycles. The summed E-state index contributed by atoms with van der Waals surface area (Å²) in [6, 6.07) is 32.5. The van der Waals surface area contributed by atoms with Crippen LogP contribution < -0.4 is 25.4 Å². The Hall–Kier alpha value is -3.29. The van der Waals surface area contributed by atoms with E-state index in [0.29, 0.717) is 11.5 Å². The summed E-state index contributed by atoms with van der Waals surface area (Å²) in [6.07, 6.45) is 0. The Morgan fingerprint density at radius 3 is 1.53 bits per heavy atom. The minimum atomic E-state index is -2.98. The zero-order valence-electron chi connectivity index (χ0n) is 17.0. The van der Waals surface area contributed by atoms with Gasteiger partial charge in [0.1, 0.15) is 17.2 Å². The molecule has 0 aliphatic carbocycles. The van der Waals surface area contributed by atoms with Gasteiger partial charge >= 0.3 is 0 Å². The molecule has 0 aliphatic heterocycles. The summed E-state index contributed by atoms with van der Waals surface area (Å²) in [5.74, 6) is 2.18. The van der Waals surface area contributed by atoms with Gasteiger partial charge in [-0.15, -0.1) is 0 Å². The van der Waals surface area contributed by atoms with Crippen LogP contribution in [0, 0.1) is 6.92 Å². The van der Waals surface area contributed by atoms with E-state index in [4.69, 9.17) is 9.47 Å². The van der Waals surface area contributed by atoms with Gasteiger partial charge in [-0.05, 0) is 55.5 Å². The summed E-state index contributed by atoms with van der Waals surface area (Å²) in [4.78, 5) is 0. The van der Waals surface area contributed by atoms with Crippen LogP contribution in [0.25, 0.3) is 0 Å². The molecule has 1 unspecified atom stereocenters. The number of ether oxygens (including phenoxy) is 2. The fourth-order valence-corrected chi connectivity index (χ4v) is 5.97. The lowest BCUT2D eigenvalue weighted by molar-refractivity contribution is 0.413. The van der Waals surface area contributed by atoms with Crippen LogP contribution >= 0.6 is 7.14 Å². The lowest BCUT2D eigenvalue weighted by Crippen LogP contribution is -2.24. The second kappa shape index (κ2) is 8.61. The molecule has 0 saturated carbocycles. The Morgan fingerprint density at radius 1 is 0.567 bits per heavy atom. The molecule has 150 valence electrons. The highest BCUT2D eigenvalue weighted by Crippen LogP contribution is 2.42. The zero-order valence-corrected chi connectivity index (χ0v) is 17.9. The van der Waals surface area contributed by atoms with Crippen LogP contribution in [0.5, 0.6) is 17.2 Å². The van der Waals surface area contributed by atoms with Crippen molar-refractivity contribution in [3.8, 4) is 17.2 Å². The van der Waals surface area contributed by atoms with Crippen molar-refractivity contribution in [3.63, 3.8) is 0 Å². The summed E-state index contributed by atoms with van der Waals surface area (Å²) in [5.41, 5.74) is 1.14. The first kappa shape index (κ1) is 20.0. The third kappa shape index (κ3) is 4.03. The van der Waals surface area contributed by atoms with E-state index < -0.39 is 7.14 Å². The molecule has 0 radical (unpaired) electrons. The number of rotatable bonds is 6. The van der Waals surface area contributed by atoms with Crippen LogP contribution in [0.2, 0.25) is 0 Å². The third-order valence-electron chi connectivity index (χ3n) is 5.01. The normalized spacial score (nSPS) is 12.7. The SMILES string of the molecule is COc1ccc(Oc2ccc(P(=O)(c3ccccc3)c3ccc(C)cc3)cc2)cc1. The Kier molecular flexibility index (Phi) is 5.74. The average Bonchev–Trinajstić information content (AvgIpc) is 2.80. The van der Waals surface area contributed by atoms with Crippen molar-refractivity contribution in [3.05, 3.63) is 109 Å². The van der Waals surface area contributed by atoms with Crippen LogP contribution in [0.3, 0.4) is 0 Å². The molecular weight excluding hydrogens is 391 g/mol. The number of hydrogen-bond donors (Lipinski definition) is 0. The van der Waals surface area contributed by atoms with E-state index in [9.17, 15) is 4.57 Å². The molecule has 3 nitrogen and oxygen atoms in total. The molecule has 4 aromatic carbocycles. The first-order valence-electron chi connectivity index (χ1n) is 9.75. The lowest BCUT2D eigenvalue weighted by Gasteiger charge is -2.20. The molecule has 0 fully saturated rings. The second-order valence-electron chi connectivity index (χ2n) is 7.05. The van der Waals surface area contributed by atoms with Crippen LogP contribution in [-0.2, 0) is 4.57 Å². The molecule has 0 amide bonds. The minimum absolute atomic E-state index is 0.687. The van der Waals surface area contributed by atoms with E-state index in [2.05, 4.69) is 0 Å². The molecule has 4 rings (SSSR count). The van der Waals surface area contributed by atoms with Crippen molar-refractivity contribution < 1.29 is 14.0 Å². The highest BCUT2D eigenvalue weighted by atomic mass is 31.2. The Bertz CT molecular complexity index is 1150. The predicted octanol–water partition coefficient (Wildman–Crippen LogP) is 5.44. The van der Waals surface area contributed by atoms with Crippen molar-refractivity contribution in [2.75, 3.05) is 7.11 Å². The summed E-state index contributed by atoms with van der Waals surface area (Å²) >= 11 is 0. The highest BCUT2D eigenvalue weighted by molar-refractivity contribution is 7.85. The maximum absolute atomic E-state index is 14.4. The van der Waals surface area contributed by atoms with Crippen LogP contribution in [0.1, 0.15) is 5.56 Å². The summed E-state index contributed by atoms with van der Waals surface area (Å²) in [7, 11) is -1.35. The van der Waals surface area contributed by atoms with Gasteiger partial charge in [0.15, 0.2) is 7.14 Å². The Morgan fingerprint density at radius 2 is 1.00 bits per heavy atom. The monoisotopic (exact) mass is 414 g/mol. The van der Waals surface area contributed by atoms with Gasteiger partial charge in [0.25, 0.3) is 0 Å². The molecule has 0 aromatic heterocycles. The van der Waals surface area contributed by atoms with Gasteiger partial charge < -0.3 is 14.0 Å². The summed E-state index contributed by atoms with van der Waals surface area (Å²) < 4.78 is 25.5. The van der Waals surface area contributed by atoms with Crippen molar-refractivity contribution in [1.29, 1.82) is 0 Å². The molecule has 0 spiro atoms. The number of aryl methyl sites for hydroxylation is 1. The van der Waals surface area contributed by atoms with Gasteiger partial charge in [0.2, 0.25) is 0 Å². The van der Waals surface area contributed by atoms with E-state index >= 15 is 0 Å². The molecule has 1 atom stereocenters. The highest BCUT2D eigenvalue weighted by Gasteiger charge is 2.29. The molecule has 30 heavy (non-hydrogen) atoms. The number of benzene rings is 4. The van der Waals surface area contributed by atoms with Gasteiger partial charge in [-0.2, -0.15) is 0 Å². The standard InChI is InChI=1S/C26H23O3P/c1-20-8-16-25(17-9-20)30(27,24-6-4-3-5-7-24)26-18-14-23(15-19-26)29-22-12-10-21(28-2)11-13-22/h3-19H,1-2H3. The topological polar surface area (TPSA) is 35.5 Å². The van der Waals surface area contributed by atoms with Gasteiger partial charge in [-0.25, -0.2) is 0 Å². The minimum Gasteiger partial charge on any atom is -0.497 e. The van der Waals surface area contributed by atoms with Crippen LogP contribution in [-0.4, -0.2) is 7.11 Å². The smallest absolute Gasteiger partial charge is 0.171 e. The summed E-state index contributed by atoms with van der Waals surface area (Å²) in [6.45, 7) is 2.03. The van der Waals surface area contributed by atoms with E-state index in [-0.39, 0.29) is 0 Å². The van der Waals surface area contributed by atoms with Crippen molar-refractivity contribution >= 4 is 23.1 Å². The number of hydrogen-bond acceptors (Lipinski definition) is 3. The van der Waals surface area contributed by atoms with Gasteiger partial charge in [0.05, 0.1) is 7.11 Å². The fourth-order valence-electron chi connectivity index (χ4n) is 3.34. The maximum atomic E-state index is 14.4. The van der Waals surface area contributed by atoms with Gasteiger partial charge in [-0.1, -0.05) is 60.2 Å². The Balaban J connectivity index is 1.69. The zero-order chi connectivity index (χ0) is 21.0. The lowest BCUT2D eigenvalue weighted by atomic mass is 10.2. The van der Waals surface area contributed by atoms with Crippen molar-refractivity contribution in [1.82, 2.24) is 0 Å². The fraction of sp³-hybridized carbons (Fsp3) is 0.0769. The average molecular weight is 414 g/mol. The quantitative estimate of drug-likeness (QED) is 0.395. The number of methoxy groups -OCH3 is 1. The molecular formula is C26H23O3P. The molecule has 0 bridgehead atoms. The molecule has 0 heterocycles. The first-order chi connectivity index (χ1) is 14.6. The summed E-state index contributed by atoms with van der Waals surface area (Å²) in [5, 5.41) is 2.42.